The summed E-state index contributed by atoms with van der Waals surface area (Å²) < 4.78 is 40.5. The fraction of sp³-hybridized carbons (Fsp3) is 0.500. The second kappa shape index (κ2) is 6.00. The van der Waals surface area contributed by atoms with Crippen LogP contribution in [0, 0.1) is 6.92 Å². The maximum Gasteiger partial charge on any atom is 0.471 e. The standard InChI is InChI=1S/C10H12F3NO2S/c1-7-8(3-5-16-7)17-6-2-4-14-9(15)10(11,12)13/h3,5H,2,4,6H2,1H3,(H,14,15). The lowest BCUT2D eigenvalue weighted by molar-refractivity contribution is -0.173. The fourth-order valence-corrected chi connectivity index (χ4v) is 1.99. The third kappa shape index (κ3) is 4.72. The molecule has 0 aliphatic carbocycles. The van der Waals surface area contributed by atoms with Gasteiger partial charge in [-0.3, -0.25) is 4.79 Å². The van der Waals surface area contributed by atoms with E-state index in [0.717, 1.165) is 10.7 Å². The molecule has 1 aromatic heterocycles. The van der Waals surface area contributed by atoms with E-state index < -0.39 is 12.1 Å². The first-order chi connectivity index (χ1) is 7.91. The smallest absolute Gasteiger partial charge is 0.468 e. The highest BCUT2D eigenvalue weighted by Crippen LogP contribution is 2.23. The number of halogens is 3. The summed E-state index contributed by atoms with van der Waals surface area (Å²) in [5, 5.41) is 1.82. The average Bonchev–Trinajstić information content (AvgIpc) is 2.62. The Morgan fingerprint density at radius 3 is 2.76 bits per heavy atom. The number of carbonyl (C=O) groups excluding carboxylic acids is 1. The highest BCUT2D eigenvalue weighted by atomic mass is 32.2. The summed E-state index contributed by atoms with van der Waals surface area (Å²) in [5.74, 6) is -0.477. The maximum atomic E-state index is 11.8. The van der Waals surface area contributed by atoms with E-state index in [1.165, 1.54) is 11.8 Å². The first-order valence-electron chi connectivity index (χ1n) is 4.93. The number of rotatable bonds is 5. The van der Waals surface area contributed by atoms with Crippen molar-refractivity contribution in [3.63, 3.8) is 0 Å². The molecule has 96 valence electrons. The molecule has 0 atom stereocenters. The largest absolute Gasteiger partial charge is 0.471 e. The molecule has 0 spiro atoms. The summed E-state index contributed by atoms with van der Waals surface area (Å²) in [6.07, 6.45) is -2.77. The molecule has 0 unspecified atom stereocenters. The molecule has 7 heteroatoms. The molecule has 1 heterocycles. The molecule has 1 rings (SSSR count). The SMILES string of the molecule is Cc1occc1SCCCNC(=O)C(F)(F)F. The number of aryl methyl sites for hydroxylation is 1. The van der Waals surface area contributed by atoms with Crippen molar-refractivity contribution in [2.75, 3.05) is 12.3 Å². The third-order valence-electron chi connectivity index (χ3n) is 1.93. The van der Waals surface area contributed by atoms with Crippen molar-refractivity contribution in [1.29, 1.82) is 0 Å². The van der Waals surface area contributed by atoms with Gasteiger partial charge in [-0.1, -0.05) is 0 Å². The number of hydrogen-bond acceptors (Lipinski definition) is 3. The molecule has 1 aromatic rings. The van der Waals surface area contributed by atoms with Gasteiger partial charge in [-0.2, -0.15) is 13.2 Å². The first kappa shape index (κ1) is 14.0. The monoisotopic (exact) mass is 267 g/mol. The molecule has 0 saturated carbocycles. The van der Waals surface area contributed by atoms with E-state index in [4.69, 9.17) is 4.42 Å². The Bertz CT molecular complexity index is 376. The van der Waals surface area contributed by atoms with Gasteiger partial charge in [-0.25, -0.2) is 0 Å². The Hall–Kier alpha value is -1.11. The summed E-state index contributed by atoms with van der Waals surface area (Å²) >= 11 is 1.49. The number of hydrogen-bond donors (Lipinski definition) is 1. The van der Waals surface area contributed by atoms with Gasteiger partial charge in [0.25, 0.3) is 0 Å². The van der Waals surface area contributed by atoms with E-state index in [9.17, 15) is 18.0 Å². The van der Waals surface area contributed by atoms with Gasteiger partial charge in [0.05, 0.1) is 6.26 Å². The minimum Gasteiger partial charge on any atom is -0.468 e. The lowest BCUT2D eigenvalue weighted by Gasteiger charge is -2.07. The second-order valence-electron chi connectivity index (χ2n) is 3.30. The summed E-state index contributed by atoms with van der Waals surface area (Å²) in [7, 11) is 0. The van der Waals surface area contributed by atoms with Crippen molar-refractivity contribution < 1.29 is 22.4 Å². The van der Waals surface area contributed by atoms with Gasteiger partial charge in [0, 0.05) is 11.4 Å². The third-order valence-corrected chi connectivity index (χ3v) is 3.16. The molecule has 0 bridgehead atoms. The number of alkyl halides is 3. The van der Waals surface area contributed by atoms with Crippen LogP contribution in [0.1, 0.15) is 12.2 Å². The highest BCUT2D eigenvalue weighted by molar-refractivity contribution is 7.99. The Morgan fingerprint density at radius 1 is 1.53 bits per heavy atom. The van der Waals surface area contributed by atoms with Gasteiger partial charge in [0.2, 0.25) is 0 Å². The van der Waals surface area contributed by atoms with Crippen LogP contribution in [-0.2, 0) is 4.79 Å². The van der Waals surface area contributed by atoms with Crippen LogP contribution in [0.15, 0.2) is 21.6 Å². The lowest BCUT2D eigenvalue weighted by atomic mass is 10.4. The summed E-state index contributed by atoms with van der Waals surface area (Å²) in [5.41, 5.74) is 0. The predicted molar refractivity (Wildman–Crippen MR) is 57.9 cm³/mol. The second-order valence-corrected chi connectivity index (χ2v) is 4.43. The van der Waals surface area contributed by atoms with Crippen LogP contribution in [0.25, 0.3) is 0 Å². The average molecular weight is 267 g/mol. The van der Waals surface area contributed by atoms with E-state index in [1.807, 2.05) is 12.2 Å². The zero-order valence-electron chi connectivity index (χ0n) is 9.13. The Labute approximate surface area is 101 Å². The minimum absolute atomic E-state index is 0.0161. The highest BCUT2D eigenvalue weighted by Gasteiger charge is 2.38. The fourth-order valence-electron chi connectivity index (χ4n) is 1.08. The van der Waals surface area contributed by atoms with Crippen LogP contribution in [0.5, 0.6) is 0 Å². The van der Waals surface area contributed by atoms with Crippen molar-refractivity contribution in [3.8, 4) is 0 Å². The van der Waals surface area contributed by atoms with E-state index in [2.05, 4.69) is 0 Å². The molecule has 1 amide bonds. The molecule has 0 aromatic carbocycles. The van der Waals surface area contributed by atoms with E-state index >= 15 is 0 Å². The molecule has 0 aliphatic heterocycles. The molecule has 17 heavy (non-hydrogen) atoms. The van der Waals surface area contributed by atoms with E-state index in [1.54, 1.807) is 12.3 Å². The van der Waals surface area contributed by atoms with Gasteiger partial charge in [0.1, 0.15) is 5.76 Å². The number of carbonyl (C=O) groups is 1. The minimum atomic E-state index is -4.80. The van der Waals surface area contributed by atoms with Crippen LogP contribution in [-0.4, -0.2) is 24.4 Å². The number of thioether (sulfide) groups is 1. The molecule has 0 fully saturated rings. The zero-order valence-corrected chi connectivity index (χ0v) is 9.95. The summed E-state index contributed by atoms with van der Waals surface area (Å²) in [6.45, 7) is 1.83. The topological polar surface area (TPSA) is 42.2 Å². The van der Waals surface area contributed by atoms with Gasteiger partial charge >= 0.3 is 12.1 Å². The first-order valence-corrected chi connectivity index (χ1v) is 5.91. The van der Waals surface area contributed by atoms with Crippen LogP contribution >= 0.6 is 11.8 Å². The number of nitrogens with one attached hydrogen (secondary N) is 1. The molecule has 0 aliphatic rings. The van der Waals surface area contributed by atoms with Crippen LogP contribution in [0.4, 0.5) is 13.2 Å². The molecule has 0 radical (unpaired) electrons. The molecule has 3 nitrogen and oxygen atoms in total. The van der Waals surface area contributed by atoms with Crippen molar-refractivity contribution >= 4 is 17.7 Å². The number of furan rings is 1. The Morgan fingerprint density at radius 2 is 2.24 bits per heavy atom. The molecular weight excluding hydrogens is 255 g/mol. The van der Waals surface area contributed by atoms with Gasteiger partial charge in [-0.05, 0) is 25.2 Å². The van der Waals surface area contributed by atoms with Crippen LogP contribution in [0.2, 0.25) is 0 Å². The zero-order chi connectivity index (χ0) is 12.9. The van der Waals surface area contributed by atoms with Crippen molar-refractivity contribution in [3.05, 3.63) is 18.1 Å². The van der Waals surface area contributed by atoms with Gasteiger partial charge in [0.15, 0.2) is 0 Å². The normalized spacial score (nSPS) is 11.5. The summed E-state index contributed by atoms with van der Waals surface area (Å²) in [6, 6.07) is 1.80. The Kier molecular flexibility index (Phi) is 4.92. The number of amides is 1. The summed E-state index contributed by atoms with van der Waals surface area (Å²) in [4.78, 5) is 11.4. The maximum absolute atomic E-state index is 11.8. The van der Waals surface area contributed by atoms with Gasteiger partial charge in [-0.15, -0.1) is 11.8 Å². The van der Waals surface area contributed by atoms with E-state index in [-0.39, 0.29) is 6.54 Å². The lowest BCUT2D eigenvalue weighted by Crippen LogP contribution is -2.37. The van der Waals surface area contributed by atoms with Crippen LogP contribution in [0.3, 0.4) is 0 Å². The molecule has 0 saturated heterocycles. The van der Waals surface area contributed by atoms with E-state index in [0.29, 0.717) is 12.2 Å². The quantitative estimate of drug-likeness (QED) is 0.659. The van der Waals surface area contributed by atoms with Gasteiger partial charge < -0.3 is 9.73 Å². The molecular formula is C10H12F3NO2S. The predicted octanol–water partition coefficient (Wildman–Crippen LogP) is 2.75. The van der Waals surface area contributed by atoms with Crippen molar-refractivity contribution in [1.82, 2.24) is 5.32 Å². The molecule has 1 N–H and O–H groups in total. The Balaban J connectivity index is 2.14. The van der Waals surface area contributed by atoms with Crippen molar-refractivity contribution in [2.24, 2.45) is 0 Å². The van der Waals surface area contributed by atoms with Crippen LogP contribution < -0.4 is 5.32 Å². The van der Waals surface area contributed by atoms with Crippen molar-refractivity contribution in [2.45, 2.75) is 24.4 Å².